The van der Waals surface area contributed by atoms with Gasteiger partial charge >= 0.3 is 6.18 Å². The summed E-state index contributed by atoms with van der Waals surface area (Å²) in [7, 11) is 0. The first-order chi connectivity index (χ1) is 7.84. The Morgan fingerprint density at radius 3 is 2.41 bits per heavy atom. The normalized spacial score (nSPS) is 13.8. The van der Waals surface area contributed by atoms with E-state index in [-0.39, 0.29) is 0 Å². The summed E-state index contributed by atoms with van der Waals surface area (Å²) in [5, 5.41) is 0. The molecule has 0 nitrogen and oxygen atoms in total. The first kappa shape index (κ1) is 14.5. The highest BCUT2D eigenvalue weighted by Gasteiger charge is 2.33. The minimum absolute atomic E-state index is 0.313. The molecule has 0 saturated carbocycles. The molecule has 17 heavy (non-hydrogen) atoms. The number of rotatable bonds is 4. The van der Waals surface area contributed by atoms with Crippen LogP contribution in [0.3, 0.4) is 0 Å². The van der Waals surface area contributed by atoms with E-state index in [1.807, 2.05) is 6.92 Å². The van der Waals surface area contributed by atoms with Gasteiger partial charge in [0.25, 0.3) is 0 Å². The second kappa shape index (κ2) is 5.85. The molecule has 1 rings (SSSR count). The molecule has 0 spiro atoms. The van der Waals surface area contributed by atoms with Crippen molar-refractivity contribution >= 4 is 15.9 Å². The van der Waals surface area contributed by atoms with E-state index < -0.39 is 17.6 Å². The maximum Gasteiger partial charge on any atom is 0.419 e. The predicted molar refractivity (Wildman–Crippen MR) is 62.7 cm³/mol. The van der Waals surface area contributed by atoms with Crippen molar-refractivity contribution in [3.05, 3.63) is 35.1 Å². The van der Waals surface area contributed by atoms with Crippen LogP contribution in [0.1, 0.15) is 30.9 Å². The summed E-state index contributed by atoms with van der Waals surface area (Å²) in [5.41, 5.74) is -0.611. The van der Waals surface area contributed by atoms with Gasteiger partial charge in [0, 0.05) is 4.83 Å². The fraction of sp³-hybridized carbons (Fsp3) is 0.500. The topological polar surface area (TPSA) is 0 Å². The molecule has 0 bridgehead atoms. The Balaban J connectivity index is 2.76. The Bertz CT molecular complexity index is 373. The number of hydrogen-bond donors (Lipinski definition) is 0. The van der Waals surface area contributed by atoms with E-state index in [0.717, 1.165) is 25.0 Å². The van der Waals surface area contributed by atoms with E-state index in [2.05, 4.69) is 15.9 Å². The van der Waals surface area contributed by atoms with Crippen LogP contribution in [0.25, 0.3) is 0 Å². The molecule has 0 heterocycles. The van der Waals surface area contributed by atoms with Gasteiger partial charge in [0.05, 0.1) is 5.56 Å². The Kier molecular flexibility index (Phi) is 4.98. The first-order valence-corrected chi connectivity index (χ1v) is 6.26. The lowest BCUT2D eigenvalue weighted by Gasteiger charge is -2.10. The number of aryl methyl sites for hydroxylation is 1. The third kappa shape index (κ3) is 4.30. The van der Waals surface area contributed by atoms with Crippen LogP contribution in [-0.2, 0) is 12.6 Å². The van der Waals surface area contributed by atoms with Crippen LogP contribution in [0.15, 0.2) is 18.2 Å². The summed E-state index contributed by atoms with van der Waals surface area (Å²) in [6.45, 7) is 2.01. The van der Waals surface area contributed by atoms with Gasteiger partial charge in [-0.2, -0.15) is 13.2 Å². The lowest BCUT2D eigenvalue weighted by molar-refractivity contribution is -0.140. The molecule has 1 atom stereocenters. The second-order valence-electron chi connectivity index (χ2n) is 3.86. The average Bonchev–Trinajstić information content (AvgIpc) is 2.24. The molecule has 0 aliphatic heterocycles. The van der Waals surface area contributed by atoms with Gasteiger partial charge in [-0.3, -0.25) is 0 Å². The lowest BCUT2D eigenvalue weighted by Crippen LogP contribution is -2.08. The van der Waals surface area contributed by atoms with Crippen molar-refractivity contribution in [2.75, 3.05) is 0 Å². The highest BCUT2D eigenvalue weighted by Crippen LogP contribution is 2.31. The highest BCUT2D eigenvalue weighted by molar-refractivity contribution is 9.09. The molecule has 0 fully saturated rings. The van der Waals surface area contributed by atoms with E-state index in [1.54, 1.807) is 0 Å². The molecule has 0 aliphatic rings. The van der Waals surface area contributed by atoms with Gasteiger partial charge in [0.15, 0.2) is 0 Å². The zero-order valence-electron chi connectivity index (χ0n) is 9.32. The van der Waals surface area contributed by atoms with E-state index in [9.17, 15) is 17.6 Å². The van der Waals surface area contributed by atoms with Crippen LogP contribution in [0.2, 0.25) is 0 Å². The molecule has 0 amide bonds. The zero-order chi connectivity index (χ0) is 13.1. The number of hydrogen-bond acceptors (Lipinski definition) is 0. The zero-order valence-corrected chi connectivity index (χ0v) is 10.9. The standard InChI is InChI=1S/C12H13BrF4/c1-2-9(13)5-3-8-4-6-10(11(14)7-8)12(15,16)17/h4,6-7,9H,2-3,5H2,1H3. The third-order valence-electron chi connectivity index (χ3n) is 2.53. The number of alkyl halides is 4. The summed E-state index contributed by atoms with van der Waals surface area (Å²) in [6, 6.07) is 3.11. The van der Waals surface area contributed by atoms with Gasteiger partial charge in [-0.05, 0) is 37.0 Å². The van der Waals surface area contributed by atoms with Crippen LogP contribution in [0, 0.1) is 5.82 Å². The molecule has 0 N–H and O–H groups in total. The Hall–Kier alpha value is -0.580. The Morgan fingerprint density at radius 2 is 1.94 bits per heavy atom. The molecule has 0 aromatic heterocycles. The largest absolute Gasteiger partial charge is 0.419 e. The summed E-state index contributed by atoms with van der Waals surface area (Å²) < 4.78 is 50.1. The molecule has 0 aliphatic carbocycles. The van der Waals surface area contributed by atoms with E-state index in [1.165, 1.54) is 6.07 Å². The van der Waals surface area contributed by atoms with Gasteiger partial charge in [-0.15, -0.1) is 0 Å². The molecular weight excluding hydrogens is 300 g/mol. The lowest BCUT2D eigenvalue weighted by atomic mass is 10.0. The first-order valence-electron chi connectivity index (χ1n) is 5.34. The van der Waals surface area contributed by atoms with Gasteiger partial charge in [-0.1, -0.05) is 28.9 Å². The van der Waals surface area contributed by atoms with Crippen LogP contribution in [0.4, 0.5) is 17.6 Å². The number of benzene rings is 1. The van der Waals surface area contributed by atoms with Crippen molar-refractivity contribution in [1.82, 2.24) is 0 Å². The summed E-state index contributed by atoms with van der Waals surface area (Å²) in [4.78, 5) is 0.313. The molecule has 5 heteroatoms. The molecule has 0 radical (unpaired) electrons. The predicted octanol–water partition coefficient (Wildman–Crippen LogP) is 4.95. The van der Waals surface area contributed by atoms with Crippen LogP contribution in [0.5, 0.6) is 0 Å². The van der Waals surface area contributed by atoms with Crippen molar-refractivity contribution in [3.63, 3.8) is 0 Å². The van der Waals surface area contributed by atoms with Crippen LogP contribution >= 0.6 is 15.9 Å². The molecule has 1 unspecified atom stereocenters. The second-order valence-corrected chi connectivity index (χ2v) is 5.15. The van der Waals surface area contributed by atoms with Crippen molar-refractivity contribution in [2.45, 2.75) is 37.2 Å². The minimum Gasteiger partial charge on any atom is -0.206 e. The highest BCUT2D eigenvalue weighted by atomic mass is 79.9. The van der Waals surface area contributed by atoms with Crippen molar-refractivity contribution in [3.8, 4) is 0 Å². The quantitative estimate of drug-likeness (QED) is 0.545. The van der Waals surface area contributed by atoms with Crippen LogP contribution in [-0.4, -0.2) is 4.83 Å². The molecular formula is C12H13BrF4. The van der Waals surface area contributed by atoms with Gasteiger partial charge in [0.1, 0.15) is 5.82 Å². The van der Waals surface area contributed by atoms with E-state index in [4.69, 9.17) is 0 Å². The van der Waals surface area contributed by atoms with Gasteiger partial charge < -0.3 is 0 Å². The van der Waals surface area contributed by atoms with Gasteiger partial charge in [-0.25, -0.2) is 4.39 Å². The van der Waals surface area contributed by atoms with E-state index in [0.29, 0.717) is 16.8 Å². The molecule has 1 aromatic carbocycles. The molecule has 0 saturated heterocycles. The smallest absolute Gasteiger partial charge is 0.206 e. The Morgan fingerprint density at radius 1 is 1.29 bits per heavy atom. The van der Waals surface area contributed by atoms with Crippen molar-refractivity contribution in [2.24, 2.45) is 0 Å². The fourth-order valence-corrected chi connectivity index (χ4v) is 1.70. The fourth-order valence-electron chi connectivity index (χ4n) is 1.47. The minimum atomic E-state index is -4.62. The molecule has 96 valence electrons. The SMILES string of the molecule is CCC(Br)CCc1ccc(C(F)(F)F)c(F)c1. The van der Waals surface area contributed by atoms with Crippen molar-refractivity contribution < 1.29 is 17.6 Å². The summed E-state index contributed by atoms with van der Waals surface area (Å²) in [5.74, 6) is -1.20. The third-order valence-corrected chi connectivity index (χ3v) is 3.63. The molecule has 1 aromatic rings. The van der Waals surface area contributed by atoms with Crippen molar-refractivity contribution in [1.29, 1.82) is 0 Å². The maximum atomic E-state index is 13.2. The van der Waals surface area contributed by atoms with E-state index >= 15 is 0 Å². The van der Waals surface area contributed by atoms with Gasteiger partial charge in [0.2, 0.25) is 0 Å². The average molecular weight is 313 g/mol. The summed E-state index contributed by atoms with van der Waals surface area (Å²) in [6.07, 6.45) is -2.34. The maximum absolute atomic E-state index is 13.2. The Labute approximate surface area is 106 Å². The number of halogens is 5. The van der Waals surface area contributed by atoms with Crippen LogP contribution < -0.4 is 0 Å². The monoisotopic (exact) mass is 312 g/mol. The summed E-state index contributed by atoms with van der Waals surface area (Å²) >= 11 is 3.43.